The highest BCUT2D eigenvalue weighted by Crippen LogP contribution is 2.30. The Hall–Kier alpha value is -2.77. The number of aryl methyl sites for hydroxylation is 1. The highest BCUT2D eigenvalue weighted by Gasteiger charge is 2.28. The number of rotatable bonds is 5. The highest BCUT2D eigenvalue weighted by molar-refractivity contribution is 5.99. The number of amides is 1. The van der Waals surface area contributed by atoms with E-state index in [-0.39, 0.29) is 5.91 Å². The lowest BCUT2D eigenvalue weighted by molar-refractivity contribution is 0.0738. The third kappa shape index (κ3) is 3.38. The zero-order chi connectivity index (χ0) is 17.8. The van der Waals surface area contributed by atoms with E-state index in [0.717, 1.165) is 0 Å². The van der Waals surface area contributed by atoms with Crippen LogP contribution in [0.3, 0.4) is 0 Å². The first-order valence-corrected chi connectivity index (χ1v) is 8.25. The van der Waals surface area contributed by atoms with Crippen molar-refractivity contribution in [2.45, 2.75) is 13.3 Å². The Bertz CT molecular complexity index is 716. The number of carbonyl (C=O) groups is 1. The predicted molar refractivity (Wildman–Crippen MR) is 91.3 cm³/mol. The first-order chi connectivity index (χ1) is 12.2. The van der Waals surface area contributed by atoms with Gasteiger partial charge in [-0.25, -0.2) is 0 Å². The van der Waals surface area contributed by atoms with Gasteiger partial charge in [0.1, 0.15) is 17.1 Å². The van der Waals surface area contributed by atoms with Crippen LogP contribution in [0.15, 0.2) is 22.6 Å². The van der Waals surface area contributed by atoms with Crippen LogP contribution in [0.1, 0.15) is 23.2 Å². The molecule has 0 N–H and O–H groups in total. The van der Waals surface area contributed by atoms with Gasteiger partial charge in [0.15, 0.2) is 0 Å². The molecule has 0 atom stereocenters. The molecule has 2 aromatic rings. The Kier molecular flexibility index (Phi) is 5.06. The van der Waals surface area contributed by atoms with Crippen LogP contribution in [0.2, 0.25) is 0 Å². The van der Waals surface area contributed by atoms with Crippen LogP contribution < -0.4 is 14.4 Å². The van der Waals surface area contributed by atoms with E-state index in [4.69, 9.17) is 13.9 Å². The molecule has 1 amide bonds. The van der Waals surface area contributed by atoms with E-state index in [1.807, 2.05) is 11.8 Å². The van der Waals surface area contributed by atoms with Crippen molar-refractivity contribution < 1.29 is 18.7 Å². The highest BCUT2D eigenvalue weighted by atomic mass is 16.5. The summed E-state index contributed by atoms with van der Waals surface area (Å²) < 4.78 is 16.3. The van der Waals surface area contributed by atoms with E-state index in [9.17, 15) is 4.79 Å². The van der Waals surface area contributed by atoms with Crippen LogP contribution in [0, 0.1) is 0 Å². The normalized spacial score (nSPS) is 14.5. The van der Waals surface area contributed by atoms with Crippen LogP contribution in [0.5, 0.6) is 11.5 Å². The van der Waals surface area contributed by atoms with Crippen molar-refractivity contribution >= 4 is 11.9 Å². The molecular weight excluding hydrogens is 324 g/mol. The van der Waals surface area contributed by atoms with Gasteiger partial charge in [0.2, 0.25) is 5.89 Å². The lowest BCUT2D eigenvalue weighted by atomic mass is 10.1. The number of hydrogen-bond donors (Lipinski definition) is 0. The van der Waals surface area contributed by atoms with Gasteiger partial charge < -0.3 is 23.7 Å². The molecule has 0 bridgehead atoms. The van der Waals surface area contributed by atoms with Crippen molar-refractivity contribution in [2.75, 3.05) is 45.3 Å². The summed E-state index contributed by atoms with van der Waals surface area (Å²) in [7, 11) is 3.09. The van der Waals surface area contributed by atoms with Crippen LogP contribution in [0.25, 0.3) is 0 Å². The van der Waals surface area contributed by atoms with Crippen molar-refractivity contribution in [3.63, 3.8) is 0 Å². The van der Waals surface area contributed by atoms with Gasteiger partial charge in [-0.15, -0.1) is 5.10 Å². The fraction of sp³-hybridized carbons (Fsp3) is 0.471. The summed E-state index contributed by atoms with van der Waals surface area (Å²) in [6.07, 6.45) is 0.707. The third-order valence-electron chi connectivity index (χ3n) is 4.24. The molecule has 0 saturated carbocycles. The molecule has 3 rings (SSSR count). The molecule has 1 aromatic heterocycles. The number of ether oxygens (including phenoxy) is 2. The second kappa shape index (κ2) is 7.42. The first-order valence-electron chi connectivity index (χ1n) is 8.25. The minimum absolute atomic E-state index is 0.103. The lowest BCUT2D eigenvalue weighted by Crippen LogP contribution is -2.49. The molecule has 1 aromatic carbocycles. The Morgan fingerprint density at radius 3 is 2.28 bits per heavy atom. The smallest absolute Gasteiger partial charge is 0.318 e. The SMILES string of the molecule is CCc1nnc(N2CCN(C(=O)c3c(OC)cccc3OC)CC2)o1. The van der Waals surface area contributed by atoms with E-state index < -0.39 is 0 Å². The number of hydrogen-bond acceptors (Lipinski definition) is 7. The van der Waals surface area contributed by atoms with Gasteiger partial charge in [-0.1, -0.05) is 18.1 Å². The zero-order valence-electron chi connectivity index (χ0n) is 14.7. The molecule has 1 fully saturated rings. The molecule has 0 unspecified atom stereocenters. The van der Waals surface area contributed by atoms with Crippen LogP contribution in [-0.2, 0) is 6.42 Å². The largest absolute Gasteiger partial charge is 0.496 e. The summed E-state index contributed by atoms with van der Waals surface area (Å²) in [5.74, 6) is 1.54. The van der Waals surface area contributed by atoms with E-state index >= 15 is 0 Å². The Labute approximate surface area is 146 Å². The van der Waals surface area contributed by atoms with E-state index in [1.165, 1.54) is 0 Å². The van der Waals surface area contributed by atoms with Crippen molar-refractivity contribution in [1.82, 2.24) is 15.1 Å². The minimum atomic E-state index is -0.103. The maximum atomic E-state index is 12.9. The number of methoxy groups -OCH3 is 2. The second-order valence-electron chi connectivity index (χ2n) is 5.65. The zero-order valence-corrected chi connectivity index (χ0v) is 14.7. The minimum Gasteiger partial charge on any atom is -0.496 e. The monoisotopic (exact) mass is 346 g/mol. The van der Waals surface area contributed by atoms with Gasteiger partial charge in [-0.2, -0.15) is 0 Å². The van der Waals surface area contributed by atoms with E-state index in [0.29, 0.717) is 61.6 Å². The molecule has 0 aliphatic carbocycles. The average Bonchev–Trinajstić information content (AvgIpc) is 3.16. The maximum Gasteiger partial charge on any atom is 0.318 e. The van der Waals surface area contributed by atoms with Gasteiger partial charge in [0.25, 0.3) is 5.91 Å². The van der Waals surface area contributed by atoms with Gasteiger partial charge in [-0.05, 0) is 12.1 Å². The molecule has 0 radical (unpaired) electrons. The molecule has 8 heteroatoms. The fourth-order valence-corrected chi connectivity index (χ4v) is 2.84. The number of piperazine rings is 1. The van der Waals surface area contributed by atoms with Crippen molar-refractivity contribution in [1.29, 1.82) is 0 Å². The molecule has 25 heavy (non-hydrogen) atoms. The lowest BCUT2D eigenvalue weighted by Gasteiger charge is -2.34. The summed E-state index contributed by atoms with van der Waals surface area (Å²) in [6.45, 7) is 4.35. The maximum absolute atomic E-state index is 12.9. The van der Waals surface area contributed by atoms with Crippen LogP contribution in [0.4, 0.5) is 6.01 Å². The second-order valence-corrected chi connectivity index (χ2v) is 5.65. The average molecular weight is 346 g/mol. The van der Waals surface area contributed by atoms with Crippen LogP contribution in [-0.4, -0.2) is 61.4 Å². The Balaban J connectivity index is 1.72. The van der Waals surface area contributed by atoms with Crippen LogP contribution >= 0.6 is 0 Å². The summed E-state index contributed by atoms with van der Waals surface area (Å²) in [4.78, 5) is 16.7. The summed E-state index contributed by atoms with van der Waals surface area (Å²) >= 11 is 0. The Morgan fingerprint density at radius 1 is 1.12 bits per heavy atom. The molecule has 0 spiro atoms. The molecule has 1 aliphatic rings. The summed E-state index contributed by atoms with van der Waals surface area (Å²) in [5.41, 5.74) is 0.451. The number of carbonyl (C=O) groups excluding carboxylic acids is 1. The van der Waals surface area contributed by atoms with Crippen molar-refractivity contribution in [3.8, 4) is 11.5 Å². The summed E-state index contributed by atoms with van der Waals surface area (Å²) in [5, 5.41) is 8.04. The molecule has 1 aliphatic heterocycles. The van der Waals surface area contributed by atoms with E-state index in [2.05, 4.69) is 10.2 Å². The molecule has 134 valence electrons. The number of aromatic nitrogens is 2. The number of benzene rings is 1. The summed E-state index contributed by atoms with van der Waals surface area (Å²) in [6, 6.07) is 5.83. The number of nitrogens with zero attached hydrogens (tertiary/aromatic N) is 4. The predicted octanol–water partition coefficient (Wildman–Crippen LogP) is 1.61. The molecule has 1 saturated heterocycles. The standard InChI is InChI=1S/C17H22N4O4/c1-4-14-18-19-17(25-14)21-10-8-20(9-11-21)16(22)15-12(23-2)6-5-7-13(15)24-3/h5-7H,4,8-11H2,1-3H3. The van der Waals surface area contributed by atoms with Gasteiger partial charge in [-0.3, -0.25) is 4.79 Å². The van der Waals surface area contributed by atoms with Gasteiger partial charge in [0.05, 0.1) is 14.2 Å². The fourth-order valence-electron chi connectivity index (χ4n) is 2.84. The van der Waals surface area contributed by atoms with Crippen molar-refractivity contribution in [2.24, 2.45) is 0 Å². The molecule has 8 nitrogen and oxygen atoms in total. The van der Waals surface area contributed by atoms with E-state index in [1.54, 1.807) is 37.3 Å². The number of anilines is 1. The molecular formula is C17H22N4O4. The first kappa shape index (κ1) is 17.1. The molecule has 2 heterocycles. The van der Waals surface area contributed by atoms with Gasteiger partial charge in [0, 0.05) is 32.6 Å². The third-order valence-corrected chi connectivity index (χ3v) is 4.24. The van der Waals surface area contributed by atoms with Crippen molar-refractivity contribution in [3.05, 3.63) is 29.7 Å². The van der Waals surface area contributed by atoms with Gasteiger partial charge >= 0.3 is 6.01 Å². The Morgan fingerprint density at radius 2 is 1.76 bits per heavy atom. The topological polar surface area (TPSA) is 80.9 Å². The quantitative estimate of drug-likeness (QED) is 0.813.